The number of nitrogen functional groups attached to an aromatic ring is 1. The highest BCUT2D eigenvalue weighted by molar-refractivity contribution is 8.00. The number of ether oxygens (including phenoxy) is 1. The maximum absolute atomic E-state index is 12.2. The number of thioether (sulfide) groups is 1. The van der Waals surface area contributed by atoms with Gasteiger partial charge in [0.25, 0.3) is 5.91 Å². The second-order valence-electron chi connectivity index (χ2n) is 4.80. The van der Waals surface area contributed by atoms with Crippen molar-refractivity contribution in [3.8, 4) is 5.75 Å². The molecule has 116 valence electrons. The van der Waals surface area contributed by atoms with E-state index < -0.39 is 15.2 Å². The SMILES string of the molecule is CS(=O)(=O)C1CSCCN1C(=O)COc1ccc(N)cc1. The molecule has 8 heteroatoms. The van der Waals surface area contributed by atoms with E-state index in [0.29, 0.717) is 23.7 Å². The van der Waals surface area contributed by atoms with Crippen LogP contribution in [0.4, 0.5) is 5.69 Å². The third kappa shape index (κ3) is 4.28. The molecule has 1 heterocycles. The molecule has 0 aliphatic carbocycles. The number of nitrogens with two attached hydrogens (primary N) is 1. The van der Waals surface area contributed by atoms with E-state index in [1.54, 1.807) is 24.3 Å². The quantitative estimate of drug-likeness (QED) is 0.813. The molecule has 2 N–H and O–H groups in total. The number of benzene rings is 1. The Bertz CT molecular complexity index is 601. The predicted molar refractivity (Wildman–Crippen MR) is 84.0 cm³/mol. The van der Waals surface area contributed by atoms with Crippen LogP contribution in [0.15, 0.2) is 24.3 Å². The van der Waals surface area contributed by atoms with Gasteiger partial charge in [-0.2, -0.15) is 11.8 Å². The van der Waals surface area contributed by atoms with Crippen molar-refractivity contribution in [2.45, 2.75) is 5.37 Å². The zero-order chi connectivity index (χ0) is 15.5. The average Bonchev–Trinajstić information content (AvgIpc) is 2.45. The minimum atomic E-state index is -3.30. The van der Waals surface area contributed by atoms with Crippen LogP contribution >= 0.6 is 11.8 Å². The van der Waals surface area contributed by atoms with Crippen molar-refractivity contribution in [3.63, 3.8) is 0 Å². The summed E-state index contributed by atoms with van der Waals surface area (Å²) in [5.41, 5.74) is 6.18. The number of carbonyl (C=O) groups excluding carboxylic acids is 1. The van der Waals surface area contributed by atoms with Gasteiger partial charge in [-0.05, 0) is 24.3 Å². The number of hydrogen-bond acceptors (Lipinski definition) is 6. The van der Waals surface area contributed by atoms with Crippen molar-refractivity contribution in [1.29, 1.82) is 0 Å². The standard InChI is InChI=1S/C13H18N2O4S2/c1-21(17,18)13-9-20-7-6-15(13)12(16)8-19-11-4-2-10(14)3-5-11/h2-5,13H,6-9,14H2,1H3. The summed E-state index contributed by atoms with van der Waals surface area (Å²) in [6.45, 7) is 0.243. The van der Waals surface area contributed by atoms with Gasteiger partial charge in [-0.3, -0.25) is 4.79 Å². The van der Waals surface area contributed by atoms with Crippen LogP contribution in [0.25, 0.3) is 0 Å². The Morgan fingerprint density at radius 2 is 2.10 bits per heavy atom. The highest BCUT2D eigenvalue weighted by Gasteiger charge is 2.34. The number of nitrogens with zero attached hydrogens (tertiary/aromatic N) is 1. The average molecular weight is 330 g/mol. The first-order valence-corrected chi connectivity index (χ1v) is 9.53. The zero-order valence-corrected chi connectivity index (χ0v) is 13.3. The first kappa shape index (κ1) is 16.0. The number of rotatable bonds is 4. The van der Waals surface area contributed by atoms with Crippen molar-refractivity contribution in [3.05, 3.63) is 24.3 Å². The normalized spacial score (nSPS) is 19.3. The maximum Gasteiger partial charge on any atom is 0.261 e. The molecule has 1 aromatic carbocycles. The van der Waals surface area contributed by atoms with E-state index in [9.17, 15) is 13.2 Å². The molecule has 1 unspecified atom stereocenters. The molecule has 1 amide bonds. The van der Waals surface area contributed by atoms with Gasteiger partial charge < -0.3 is 15.4 Å². The molecule has 1 atom stereocenters. The Morgan fingerprint density at radius 3 is 2.71 bits per heavy atom. The molecule has 6 nitrogen and oxygen atoms in total. The Morgan fingerprint density at radius 1 is 1.43 bits per heavy atom. The molecule has 0 radical (unpaired) electrons. The molecule has 1 aliphatic rings. The number of carbonyl (C=O) groups is 1. The lowest BCUT2D eigenvalue weighted by atomic mass is 10.3. The fourth-order valence-corrected chi connectivity index (χ4v) is 4.85. The van der Waals surface area contributed by atoms with Gasteiger partial charge in [0.15, 0.2) is 16.4 Å². The van der Waals surface area contributed by atoms with Gasteiger partial charge in [-0.25, -0.2) is 8.42 Å². The monoisotopic (exact) mass is 330 g/mol. The van der Waals surface area contributed by atoms with Crippen molar-refractivity contribution >= 4 is 33.2 Å². The second-order valence-corrected chi connectivity index (χ2v) is 8.16. The topological polar surface area (TPSA) is 89.7 Å². The van der Waals surface area contributed by atoms with Gasteiger partial charge in [0, 0.05) is 30.0 Å². The summed E-state index contributed by atoms with van der Waals surface area (Å²) in [7, 11) is -3.30. The first-order chi connectivity index (χ1) is 9.88. The second kappa shape index (κ2) is 6.57. The van der Waals surface area contributed by atoms with E-state index in [4.69, 9.17) is 10.5 Å². The van der Waals surface area contributed by atoms with Crippen molar-refractivity contribution in [1.82, 2.24) is 4.90 Å². The van der Waals surface area contributed by atoms with Crippen LogP contribution in [0.3, 0.4) is 0 Å². The van der Waals surface area contributed by atoms with Crippen LogP contribution in [0.5, 0.6) is 5.75 Å². The van der Waals surface area contributed by atoms with Crippen molar-refractivity contribution in [2.75, 3.05) is 36.6 Å². The third-order valence-electron chi connectivity index (χ3n) is 3.14. The summed E-state index contributed by atoms with van der Waals surface area (Å²) >= 11 is 1.54. The Kier molecular flexibility index (Phi) is 5.00. The molecule has 1 aromatic rings. The highest BCUT2D eigenvalue weighted by atomic mass is 32.2. The summed E-state index contributed by atoms with van der Waals surface area (Å²) in [6.07, 6.45) is 1.16. The van der Waals surface area contributed by atoms with Crippen LogP contribution in [-0.2, 0) is 14.6 Å². The van der Waals surface area contributed by atoms with Crippen LogP contribution in [0.2, 0.25) is 0 Å². The lowest BCUT2D eigenvalue weighted by Crippen LogP contribution is -2.51. The molecule has 0 aromatic heterocycles. The largest absolute Gasteiger partial charge is 0.484 e. The Hall–Kier alpha value is -1.41. The van der Waals surface area contributed by atoms with Crippen molar-refractivity contribution in [2.24, 2.45) is 0 Å². The van der Waals surface area contributed by atoms with E-state index in [-0.39, 0.29) is 12.5 Å². The van der Waals surface area contributed by atoms with Gasteiger partial charge in [0.05, 0.1) is 0 Å². The molecule has 1 aliphatic heterocycles. The van der Waals surface area contributed by atoms with Crippen LogP contribution in [-0.4, -0.2) is 55.5 Å². The zero-order valence-electron chi connectivity index (χ0n) is 11.7. The number of anilines is 1. The Balaban J connectivity index is 1.99. The molecule has 0 bridgehead atoms. The molecule has 21 heavy (non-hydrogen) atoms. The van der Waals surface area contributed by atoms with Crippen LogP contribution in [0, 0.1) is 0 Å². The van der Waals surface area contributed by atoms with E-state index >= 15 is 0 Å². The fourth-order valence-electron chi connectivity index (χ4n) is 2.01. The molecular formula is C13H18N2O4S2. The maximum atomic E-state index is 12.2. The van der Waals surface area contributed by atoms with Crippen LogP contribution < -0.4 is 10.5 Å². The molecule has 1 saturated heterocycles. The van der Waals surface area contributed by atoms with Gasteiger partial charge in [0.2, 0.25) is 0 Å². The minimum absolute atomic E-state index is 0.180. The minimum Gasteiger partial charge on any atom is -0.484 e. The van der Waals surface area contributed by atoms with Gasteiger partial charge >= 0.3 is 0 Å². The molecule has 2 rings (SSSR count). The lowest BCUT2D eigenvalue weighted by Gasteiger charge is -2.33. The third-order valence-corrected chi connectivity index (χ3v) is 5.78. The van der Waals surface area contributed by atoms with Crippen LogP contribution in [0.1, 0.15) is 0 Å². The predicted octanol–water partition coefficient (Wildman–Crippen LogP) is 0.594. The summed E-state index contributed by atoms with van der Waals surface area (Å²) in [5.74, 6) is 1.36. The summed E-state index contributed by atoms with van der Waals surface area (Å²) < 4.78 is 28.9. The van der Waals surface area contributed by atoms with Gasteiger partial charge in [0.1, 0.15) is 11.1 Å². The van der Waals surface area contributed by atoms with Crippen molar-refractivity contribution < 1.29 is 17.9 Å². The number of sulfone groups is 1. The molecule has 1 fully saturated rings. The summed E-state index contributed by atoms with van der Waals surface area (Å²) in [6, 6.07) is 6.69. The van der Waals surface area contributed by atoms with E-state index in [1.165, 1.54) is 16.7 Å². The molecule has 0 spiro atoms. The highest BCUT2D eigenvalue weighted by Crippen LogP contribution is 2.21. The Labute approximate surface area is 128 Å². The summed E-state index contributed by atoms with van der Waals surface area (Å²) in [5, 5.41) is -0.765. The van der Waals surface area contributed by atoms with E-state index in [1.807, 2.05) is 0 Å². The first-order valence-electron chi connectivity index (χ1n) is 6.42. The van der Waals surface area contributed by atoms with Gasteiger partial charge in [-0.1, -0.05) is 0 Å². The smallest absolute Gasteiger partial charge is 0.261 e. The fraction of sp³-hybridized carbons (Fsp3) is 0.462. The molecule has 0 saturated carbocycles. The lowest BCUT2D eigenvalue weighted by molar-refractivity contribution is -0.133. The van der Waals surface area contributed by atoms with E-state index in [0.717, 1.165) is 12.0 Å². The number of amides is 1. The number of hydrogen-bond donors (Lipinski definition) is 1. The molecular weight excluding hydrogens is 312 g/mol. The summed E-state index contributed by atoms with van der Waals surface area (Å²) in [4.78, 5) is 13.6. The van der Waals surface area contributed by atoms with E-state index in [2.05, 4.69) is 0 Å². The van der Waals surface area contributed by atoms with Gasteiger partial charge in [-0.15, -0.1) is 0 Å².